The third kappa shape index (κ3) is 4.16. The molecule has 0 spiro atoms. The van der Waals surface area contributed by atoms with E-state index in [-0.39, 0.29) is 23.3 Å². The van der Waals surface area contributed by atoms with Crippen LogP contribution in [0.3, 0.4) is 0 Å². The predicted octanol–water partition coefficient (Wildman–Crippen LogP) is 3.34. The van der Waals surface area contributed by atoms with E-state index in [0.29, 0.717) is 31.4 Å². The number of carbonyl (C=O) groups is 1. The molecule has 7 nitrogen and oxygen atoms in total. The normalized spacial score (nSPS) is 19.2. The van der Waals surface area contributed by atoms with Gasteiger partial charge in [-0.25, -0.2) is 0 Å². The lowest BCUT2D eigenvalue weighted by molar-refractivity contribution is -0.137. The number of nitrogens with one attached hydrogen (secondary N) is 1. The van der Waals surface area contributed by atoms with Crippen molar-refractivity contribution >= 4 is 11.6 Å². The largest absolute Gasteiger partial charge is 0.417 e. The number of hydrogen-bond donors (Lipinski definition) is 2. The molecule has 2 aromatic rings. The summed E-state index contributed by atoms with van der Waals surface area (Å²) in [6, 6.07) is 6.93. The zero-order chi connectivity index (χ0) is 21.2. The number of halogens is 3. The van der Waals surface area contributed by atoms with Crippen LogP contribution in [0.4, 0.5) is 18.9 Å². The summed E-state index contributed by atoms with van der Waals surface area (Å²) < 4.78 is 40.8. The molecule has 1 aliphatic carbocycles. The summed E-state index contributed by atoms with van der Waals surface area (Å²) in [6.45, 7) is 0. The lowest BCUT2D eigenvalue weighted by atomic mass is 9.90. The Labute approximate surface area is 164 Å². The van der Waals surface area contributed by atoms with E-state index in [1.165, 1.54) is 16.9 Å². The minimum atomic E-state index is -4.60. The number of rotatable bonds is 4. The van der Waals surface area contributed by atoms with E-state index < -0.39 is 23.2 Å². The molecule has 1 aliphatic rings. The van der Waals surface area contributed by atoms with Gasteiger partial charge in [-0.2, -0.15) is 28.8 Å². The maximum absolute atomic E-state index is 13.1. The van der Waals surface area contributed by atoms with Gasteiger partial charge in [-0.05, 0) is 43.9 Å². The molecule has 1 fully saturated rings. The summed E-state index contributed by atoms with van der Waals surface area (Å²) in [5.74, 6) is -0.718. The number of benzene rings is 1. The van der Waals surface area contributed by atoms with Gasteiger partial charge < -0.3 is 11.1 Å². The molecule has 0 radical (unpaired) electrons. The number of aromatic nitrogens is 2. The number of nitriles is 2. The number of carbonyl (C=O) groups excluding carboxylic acids is 1. The fourth-order valence-corrected chi connectivity index (χ4v) is 3.60. The van der Waals surface area contributed by atoms with Crippen LogP contribution in [-0.2, 0) is 6.18 Å². The maximum atomic E-state index is 13.1. The Morgan fingerprint density at radius 1 is 1.21 bits per heavy atom. The second-order valence-electron chi connectivity index (χ2n) is 6.85. The van der Waals surface area contributed by atoms with Gasteiger partial charge in [-0.3, -0.25) is 9.48 Å². The molecular weight excluding hydrogens is 385 g/mol. The van der Waals surface area contributed by atoms with Crippen LogP contribution in [0.1, 0.15) is 58.9 Å². The molecule has 0 unspecified atom stereocenters. The first-order chi connectivity index (χ1) is 13.7. The van der Waals surface area contributed by atoms with Crippen molar-refractivity contribution < 1.29 is 18.0 Å². The Morgan fingerprint density at radius 3 is 2.45 bits per heavy atom. The molecule has 1 amide bonds. The summed E-state index contributed by atoms with van der Waals surface area (Å²) in [6.07, 6.45) is -0.776. The zero-order valence-corrected chi connectivity index (χ0v) is 15.2. The number of amides is 1. The highest BCUT2D eigenvalue weighted by Crippen LogP contribution is 2.35. The minimum Gasteiger partial charge on any atom is -0.382 e. The quantitative estimate of drug-likeness (QED) is 0.813. The average molecular weight is 402 g/mol. The van der Waals surface area contributed by atoms with Crippen LogP contribution in [0.2, 0.25) is 0 Å². The van der Waals surface area contributed by atoms with Crippen molar-refractivity contribution in [1.29, 1.82) is 10.5 Å². The number of alkyl halides is 3. The summed E-state index contributed by atoms with van der Waals surface area (Å²) in [4.78, 5) is 11.4. The first kappa shape index (κ1) is 20.2. The molecule has 0 saturated heterocycles. The van der Waals surface area contributed by atoms with Crippen LogP contribution in [0.5, 0.6) is 0 Å². The highest BCUT2D eigenvalue weighted by Gasteiger charge is 2.34. The standard InChI is InChI=1S/C19H17F3N6O/c20-19(21,22)16-7-13(2-1-11(16)8-23)27-12-3-5-14(6-4-12)28-17(9-24)15(10-26-28)18(25)29/h1-2,7,10,12,14,27H,3-6H2,(H2,25,29). The highest BCUT2D eigenvalue weighted by molar-refractivity contribution is 5.94. The molecular formula is C19H17F3N6O. The van der Waals surface area contributed by atoms with Crippen LogP contribution in [0, 0.1) is 22.7 Å². The summed E-state index contributed by atoms with van der Waals surface area (Å²) in [5, 5.41) is 25.4. The van der Waals surface area contributed by atoms with Crippen molar-refractivity contribution in [1.82, 2.24) is 9.78 Å². The summed E-state index contributed by atoms with van der Waals surface area (Å²) in [5.41, 5.74) is 4.36. The third-order valence-corrected chi connectivity index (χ3v) is 5.03. The van der Waals surface area contributed by atoms with E-state index >= 15 is 0 Å². The van der Waals surface area contributed by atoms with Crippen molar-refractivity contribution in [3.63, 3.8) is 0 Å². The molecule has 1 saturated carbocycles. The molecule has 0 atom stereocenters. The van der Waals surface area contributed by atoms with E-state index in [2.05, 4.69) is 10.4 Å². The van der Waals surface area contributed by atoms with E-state index in [1.807, 2.05) is 6.07 Å². The highest BCUT2D eigenvalue weighted by atomic mass is 19.4. The molecule has 150 valence electrons. The number of nitrogens with two attached hydrogens (primary N) is 1. The van der Waals surface area contributed by atoms with Gasteiger partial charge in [-0.15, -0.1) is 0 Å². The van der Waals surface area contributed by atoms with Gasteiger partial charge in [0.05, 0.1) is 35.0 Å². The fourth-order valence-electron chi connectivity index (χ4n) is 3.60. The van der Waals surface area contributed by atoms with Crippen LogP contribution >= 0.6 is 0 Å². The van der Waals surface area contributed by atoms with E-state index in [4.69, 9.17) is 11.0 Å². The first-order valence-corrected chi connectivity index (χ1v) is 8.90. The van der Waals surface area contributed by atoms with Crippen LogP contribution < -0.4 is 11.1 Å². The minimum absolute atomic E-state index is 0.0584. The summed E-state index contributed by atoms with van der Waals surface area (Å²) >= 11 is 0. The molecule has 0 bridgehead atoms. The first-order valence-electron chi connectivity index (χ1n) is 8.90. The van der Waals surface area contributed by atoms with Gasteiger partial charge in [0.15, 0.2) is 5.69 Å². The second kappa shape index (κ2) is 7.84. The number of anilines is 1. The van der Waals surface area contributed by atoms with Gasteiger partial charge in [0.25, 0.3) is 5.91 Å². The van der Waals surface area contributed by atoms with Gasteiger partial charge >= 0.3 is 6.18 Å². The molecule has 1 aromatic heterocycles. The molecule has 10 heteroatoms. The molecule has 1 heterocycles. The Bertz CT molecular complexity index is 1010. The third-order valence-electron chi connectivity index (χ3n) is 5.03. The molecule has 3 rings (SSSR count). The lowest BCUT2D eigenvalue weighted by Gasteiger charge is -2.30. The van der Waals surface area contributed by atoms with Gasteiger partial charge in [0, 0.05) is 11.7 Å². The topological polar surface area (TPSA) is 121 Å². The monoisotopic (exact) mass is 402 g/mol. The van der Waals surface area contributed by atoms with Gasteiger partial charge in [0.2, 0.25) is 0 Å². The Balaban J connectivity index is 1.69. The SMILES string of the molecule is N#Cc1ccc(NC2CCC(n3ncc(C(N)=O)c3C#N)CC2)cc1C(F)(F)F. The fraction of sp³-hybridized carbons (Fsp3) is 0.368. The van der Waals surface area contributed by atoms with Crippen molar-refractivity contribution in [2.75, 3.05) is 5.32 Å². The summed E-state index contributed by atoms with van der Waals surface area (Å²) in [7, 11) is 0. The lowest BCUT2D eigenvalue weighted by Crippen LogP contribution is -2.28. The smallest absolute Gasteiger partial charge is 0.382 e. The number of hydrogen-bond acceptors (Lipinski definition) is 5. The predicted molar refractivity (Wildman–Crippen MR) is 96.5 cm³/mol. The van der Waals surface area contributed by atoms with E-state index in [9.17, 15) is 23.2 Å². The van der Waals surface area contributed by atoms with E-state index in [0.717, 1.165) is 12.1 Å². The Morgan fingerprint density at radius 2 is 1.90 bits per heavy atom. The van der Waals surface area contributed by atoms with Gasteiger partial charge in [0.1, 0.15) is 6.07 Å². The van der Waals surface area contributed by atoms with Crippen molar-refractivity contribution in [3.8, 4) is 12.1 Å². The van der Waals surface area contributed by atoms with Crippen LogP contribution in [0.15, 0.2) is 24.4 Å². The number of primary amides is 1. The van der Waals surface area contributed by atoms with Crippen molar-refractivity contribution in [2.24, 2.45) is 5.73 Å². The van der Waals surface area contributed by atoms with E-state index in [1.54, 1.807) is 6.07 Å². The van der Waals surface area contributed by atoms with Crippen molar-refractivity contribution in [3.05, 3.63) is 46.8 Å². The zero-order valence-electron chi connectivity index (χ0n) is 15.2. The van der Waals surface area contributed by atoms with Gasteiger partial charge in [-0.1, -0.05) is 0 Å². The maximum Gasteiger partial charge on any atom is 0.417 e. The van der Waals surface area contributed by atoms with Crippen LogP contribution in [0.25, 0.3) is 0 Å². The average Bonchev–Trinajstić information content (AvgIpc) is 3.12. The second-order valence-corrected chi connectivity index (χ2v) is 6.85. The van der Waals surface area contributed by atoms with Crippen molar-refractivity contribution in [2.45, 2.75) is 43.9 Å². The van der Waals surface area contributed by atoms with Crippen LogP contribution in [-0.4, -0.2) is 21.7 Å². The molecule has 1 aromatic carbocycles. The number of nitrogens with zero attached hydrogens (tertiary/aromatic N) is 4. The Kier molecular flexibility index (Phi) is 5.46. The molecule has 29 heavy (non-hydrogen) atoms. The molecule has 0 aliphatic heterocycles. The molecule has 3 N–H and O–H groups in total. The Hall–Kier alpha value is -3.53.